The van der Waals surface area contributed by atoms with Crippen molar-refractivity contribution in [2.75, 3.05) is 11.5 Å². The monoisotopic (exact) mass is 414 g/mol. The molecule has 1 saturated heterocycles. The lowest BCUT2D eigenvalue weighted by atomic mass is 10.1. The minimum Gasteiger partial charge on any atom is -0.493 e. The molecule has 0 saturated carbocycles. The number of hydrogen-bond donors (Lipinski definition) is 1. The van der Waals surface area contributed by atoms with Crippen molar-refractivity contribution in [3.63, 3.8) is 0 Å². The third-order valence-electron chi connectivity index (χ3n) is 3.71. The number of amides is 4. The SMILES string of the molecule is CCOc1ccccc1/C=C1\C(=O)NC(=O)N(c2ccc(Br)cc2)C1=O. The number of para-hydroxylation sites is 1. The van der Waals surface area contributed by atoms with Gasteiger partial charge in [0.05, 0.1) is 12.3 Å². The molecule has 0 spiro atoms. The molecule has 6 nitrogen and oxygen atoms in total. The van der Waals surface area contributed by atoms with Crippen LogP contribution in [0.3, 0.4) is 0 Å². The van der Waals surface area contributed by atoms with Gasteiger partial charge in [0.1, 0.15) is 11.3 Å². The van der Waals surface area contributed by atoms with Crippen molar-refractivity contribution < 1.29 is 19.1 Å². The van der Waals surface area contributed by atoms with Crippen LogP contribution >= 0.6 is 15.9 Å². The fourth-order valence-electron chi connectivity index (χ4n) is 2.52. The van der Waals surface area contributed by atoms with E-state index in [1.807, 2.05) is 6.92 Å². The van der Waals surface area contributed by atoms with E-state index < -0.39 is 17.8 Å². The highest BCUT2D eigenvalue weighted by atomic mass is 79.9. The average molecular weight is 415 g/mol. The molecule has 0 radical (unpaired) electrons. The van der Waals surface area contributed by atoms with Crippen LogP contribution in [0.2, 0.25) is 0 Å². The van der Waals surface area contributed by atoms with Gasteiger partial charge in [-0.2, -0.15) is 0 Å². The zero-order valence-electron chi connectivity index (χ0n) is 13.9. The van der Waals surface area contributed by atoms with E-state index in [9.17, 15) is 14.4 Å². The smallest absolute Gasteiger partial charge is 0.335 e. The van der Waals surface area contributed by atoms with Crippen molar-refractivity contribution in [1.82, 2.24) is 5.32 Å². The van der Waals surface area contributed by atoms with Gasteiger partial charge in [0.15, 0.2) is 0 Å². The molecule has 1 aliphatic heterocycles. The van der Waals surface area contributed by atoms with Gasteiger partial charge in [-0.3, -0.25) is 14.9 Å². The number of urea groups is 1. The van der Waals surface area contributed by atoms with Crippen LogP contribution in [0, 0.1) is 0 Å². The van der Waals surface area contributed by atoms with Crippen LogP contribution in [0.15, 0.2) is 58.6 Å². The van der Waals surface area contributed by atoms with Crippen LogP contribution in [0.1, 0.15) is 12.5 Å². The van der Waals surface area contributed by atoms with Gasteiger partial charge in [0.25, 0.3) is 11.8 Å². The van der Waals surface area contributed by atoms with Crippen LogP contribution in [0.25, 0.3) is 6.08 Å². The minimum atomic E-state index is -0.780. The lowest BCUT2D eigenvalue weighted by molar-refractivity contribution is -0.122. The van der Waals surface area contributed by atoms with Gasteiger partial charge < -0.3 is 4.74 Å². The molecule has 1 aliphatic rings. The highest BCUT2D eigenvalue weighted by Crippen LogP contribution is 2.26. The summed E-state index contributed by atoms with van der Waals surface area (Å²) < 4.78 is 6.33. The van der Waals surface area contributed by atoms with Gasteiger partial charge in [-0.15, -0.1) is 0 Å². The lowest BCUT2D eigenvalue weighted by Gasteiger charge is -2.26. The molecule has 2 aromatic rings. The molecule has 7 heteroatoms. The summed E-state index contributed by atoms with van der Waals surface area (Å²) >= 11 is 3.30. The van der Waals surface area contributed by atoms with Crippen LogP contribution in [-0.2, 0) is 9.59 Å². The molecule has 1 N–H and O–H groups in total. The topological polar surface area (TPSA) is 75.7 Å². The first-order valence-electron chi connectivity index (χ1n) is 7.90. The number of imide groups is 2. The third kappa shape index (κ3) is 3.52. The predicted molar refractivity (Wildman–Crippen MR) is 101 cm³/mol. The standard InChI is InChI=1S/C19H15BrN2O4/c1-2-26-16-6-4-3-5-12(16)11-15-17(23)21-19(25)22(18(15)24)14-9-7-13(20)8-10-14/h3-11H,2H2,1H3,(H,21,23,25)/b15-11+. The molecule has 0 bridgehead atoms. The first-order chi connectivity index (χ1) is 12.5. The van der Waals surface area contributed by atoms with Crippen molar-refractivity contribution >= 4 is 45.5 Å². The van der Waals surface area contributed by atoms with Gasteiger partial charge in [-0.1, -0.05) is 34.1 Å². The van der Waals surface area contributed by atoms with E-state index in [1.54, 1.807) is 48.5 Å². The number of rotatable bonds is 4. The van der Waals surface area contributed by atoms with Crippen LogP contribution < -0.4 is 15.0 Å². The second kappa shape index (κ2) is 7.53. The van der Waals surface area contributed by atoms with E-state index in [2.05, 4.69) is 21.2 Å². The number of hydrogen-bond acceptors (Lipinski definition) is 4. The molecular formula is C19H15BrN2O4. The second-order valence-corrected chi connectivity index (χ2v) is 6.32. The number of anilines is 1. The lowest BCUT2D eigenvalue weighted by Crippen LogP contribution is -2.54. The van der Waals surface area contributed by atoms with Crippen molar-refractivity contribution in [3.8, 4) is 5.75 Å². The van der Waals surface area contributed by atoms with Gasteiger partial charge in [-0.25, -0.2) is 9.69 Å². The van der Waals surface area contributed by atoms with E-state index in [0.717, 1.165) is 9.37 Å². The van der Waals surface area contributed by atoms with E-state index in [-0.39, 0.29) is 5.57 Å². The van der Waals surface area contributed by atoms with Gasteiger partial charge in [0.2, 0.25) is 0 Å². The Bertz CT molecular complexity index is 906. The van der Waals surface area contributed by atoms with Crippen LogP contribution in [-0.4, -0.2) is 24.5 Å². The summed E-state index contributed by atoms with van der Waals surface area (Å²) in [6, 6.07) is 12.9. The van der Waals surface area contributed by atoms with E-state index >= 15 is 0 Å². The van der Waals surface area contributed by atoms with Gasteiger partial charge >= 0.3 is 6.03 Å². The Balaban J connectivity index is 2.02. The molecule has 0 aromatic heterocycles. The summed E-state index contributed by atoms with van der Waals surface area (Å²) in [6.07, 6.45) is 1.43. The molecule has 1 fully saturated rings. The Hall–Kier alpha value is -2.93. The Morgan fingerprint density at radius 2 is 1.77 bits per heavy atom. The summed E-state index contributed by atoms with van der Waals surface area (Å²) in [5.74, 6) is -0.873. The van der Waals surface area contributed by atoms with Gasteiger partial charge in [0, 0.05) is 10.0 Å². The van der Waals surface area contributed by atoms with Crippen molar-refractivity contribution in [1.29, 1.82) is 0 Å². The van der Waals surface area contributed by atoms with E-state index in [0.29, 0.717) is 23.6 Å². The largest absolute Gasteiger partial charge is 0.493 e. The molecule has 132 valence electrons. The van der Waals surface area contributed by atoms with Crippen LogP contribution in [0.5, 0.6) is 5.75 Å². The number of barbiturate groups is 1. The Morgan fingerprint density at radius 1 is 1.08 bits per heavy atom. The number of carbonyl (C=O) groups excluding carboxylic acids is 3. The van der Waals surface area contributed by atoms with Crippen molar-refractivity contribution in [2.45, 2.75) is 6.92 Å². The molecule has 0 atom stereocenters. The fourth-order valence-corrected chi connectivity index (χ4v) is 2.79. The Labute approximate surface area is 158 Å². The predicted octanol–water partition coefficient (Wildman–Crippen LogP) is 3.51. The van der Waals surface area contributed by atoms with Crippen molar-refractivity contribution in [2.24, 2.45) is 0 Å². The first-order valence-corrected chi connectivity index (χ1v) is 8.69. The zero-order valence-corrected chi connectivity index (χ0v) is 15.4. The van der Waals surface area contributed by atoms with E-state index in [4.69, 9.17) is 4.74 Å². The maximum absolute atomic E-state index is 12.8. The summed E-state index contributed by atoms with van der Waals surface area (Å²) in [5.41, 5.74) is 0.810. The Morgan fingerprint density at radius 3 is 2.46 bits per heavy atom. The normalized spacial score (nSPS) is 16.0. The summed E-state index contributed by atoms with van der Waals surface area (Å²) in [7, 11) is 0. The maximum Gasteiger partial charge on any atom is 0.335 e. The first kappa shape index (κ1) is 17.9. The molecule has 2 aromatic carbocycles. The number of nitrogens with one attached hydrogen (secondary N) is 1. The molecule has 0 aliphatic carbocycles. The molecule has 1 heterocycles. The minimum absolute atomic E-state index is 0.139. The number of nitrogens with zero attached hydrogens (tertiary/aromatic N) is 1. The molecule has 0 unspecified atom stereocenters. The number of carbonyl (C=O) groups is 3. The number of halogens is 1. The van der Waals surface area contributed by atoms with Gasteiger partial charge in [-0.05, 0) is 43.3 Å². The number of ether oxygens (including phenoxy) is 1. The third-order valence-corrected chi connectivity index (χ3v) is 4.23. The summed E-state index contributed by atoms with van der Waals surface area (Å²) in [6.45, 7) is 2.29. The summed E-state index contributed by atoms with van der Waals surface area (Å²) in [5, 5.41) is 2.20. The van der Waals surface area contributed by atoms with Crippen molar-refractivity contribution in [3.05, 3.63) is 64.1 Å². The number of benzene rings is 2. The molecule has 26 heavy (non-hydrogen) atoms. The quantitative estimate of drug-likeness (QED) is 0.613. The molecule has 4 amide bonds. The zero-order chi connectivity index (χ0) is 18.7. The highest BCUT2D eigenvalue weighted by molar-refractivity contribution is 9.10. The second-order valence-electron chi connectivity index (χ2n) is 5.41. The fraction of sp³-hybridized carbons (Fsp3) is 0.105. The Kier molecular flexibility index (Phi) is 5.18. The van der Waals surface area contributed by atoms with Crippen LogP contribution in [0.4, 0.5) is 10.5 Å². The summed E-state index contributed by atoms with van der Waals surface area (Å²) in [4.78, 5) is 38.2. The highest BCUT2D eigenvalue weighted by Gasteiger charge is 2.36. The maximum atomic E-state index is 12.8. The molecular weight excluding hydrogens is 400 g/mol. The average Bonchev–Trinajstić information content (AvgIpc) is 2.61. The molecule has 3 rings (SSSR count). The van der Waals surface area contributed by atoms with E-state index in [1.165, 1.54) is 6.08 Å².